The van der Waals surface area contributed by atoms with E-state index in [0.29, 0.717) is 40.7 Å². The van der Waals surface area contributed by atoms with Crippen molar-refractivity contribution in [3.8, 4) is 0 Å². The number of benzene rings is 2. The second kappa shape index (κ2) is 9.44. The Bertz CT molecular complexity index is 750. The van der Waals surface area contributed by atoms with E-state index in [4.69, 9.17) is 23.2 Å². The third kappa shape index (κ3) is 7.16. The lowest BCUT2D eigenvalue weighted by molar-refractivity contribution is -0.118. The van der Waals surface area contributed by atoms with E-state index in [-0.39, 0.29) is 17.7 Å². The Morgan fingerprint density at radius 2 is 1.44 bits per heavy atom. The maximum atomic E-state index is 12.0. The smallest absolute Gasteiger partial charge is 0.224 e. The lowest BCUT2D eigenvalue weighted by atomic mass is 10.0. The molecule has 2 N–H and O–H groups in total. The molecule has 4 nitrogen and oxygen atoms in total. The van der Waals surface area contributed by atoms with Crippen molar-refractivity contribution in [1.82, 2.24) is 0 Å². The maximum Gasteiger partial charge on any atom is 0.224 e. The van der Waals surface area contributed by atoms with Gasteiger partial charge in [-0.05, 0) is 48.7 Å². The van der Waals surface area contributed by atoms with E-state index in [1.165, 1.54) is 0 Å². The van der Waals surface area contributed by atoms with Crippen LogP contribution in [0.1, 0.15) is 26.2 Å². The first-order valence-corrected chi connectivity index (χ1v) is 8.79. The predicted octanol–water partition coefficient (Wildman–Crippen LogP) is 5.38. The largest absolute Gasteiger partial charge is 0.326 e. The average Bonchev–Trinajstić information content (AvgIpc) is 2.53. The first-order chi connectivity index (χ1) is 11.9. The van der Waals surface area contributed by atoms with Gasteiger partial charge in [0.25, 0.3) is 0 Å². The van der Waals surface area contributed by atoms with E-state index < -0.39 is 0 Å². The zero-order chi connectivity index (χ0) is 18.2. The first-order valence-electron chi connectivity index (χ1n) is 8.03. The fourth-order valence-electron chi connectivity index (χ4n) is 2.36. The van der Waals surface area contributed by atoms with Gasteiger partial charge in [-0.3, -0.25) is 9.59 Å². The van der Waals surface area contributed by atoms with Gasteiger partial charge in [-0.25, -0.2) is 0 Å². The third-order valence-corrected chi connectivity index (χ3v) is 4.08. The van der Waals surface area contributed by atoms with E-state index in [0.717, 1.165) is 0 Å². The number of halogens is 2. The number of hydrogen-bond donors (Lipinski definition) is 2. The van der Waals surface area contributed by atoms with Crippen molar-refractivity contribution in [1.29, 1.82) is 0 Å². The average molecular weight is 379 g/mol. The van der Waals surface area contributed by atoms with Gasteiger partial charge >= 0.3 is 0 Å². The van der Waals surface area contributed by atoms with Crippen LogP contribution in [0.25, 0.3) is 0 Å². The molecular formula is C19H20Cl2N2O2. The molecule has 0 aromatic heterocycles. The van der Waals surface area contributed by atoms with Gasteiger partial charge in [-0.2, -0.15) is 0 Å². The number of anilines is 2. The van der Waals surface area contributed by atoms with Gasteiger partial charge in [0.1, 0.15) is 0 Å². The van der Waals surface area contributed by atoms with Crippen molar-refractivity contribution in [3.63, 3.8) is 0 Å². The fourth-order valence-corrected chi connectivity index (χ4v) is 2.74. The Morgan fingerprint density at radius 3 is 1.96 bits per heavy atom. The summed E-state index contributed by atoms with van der Waals surface area (Å²) in [5.74, 6) is -0.0984. The Morgan fingerprint density at radius 1 is 0.920 bits per heavy atom. The highest BCUT2D eigenvalue weighted by molar-refractivity contribution is 6.31. The topological polar surface area (TPSA) is 58.2 Å². The zero-order valence-electron chi connectivity index (χ0n) is 13.9. The Balaban J connectivity index is 1.73. The number of amides is 2. The van der Waals surface area contributed by atoms with Crippen molar-refractivity contribution < 1.29 is 9.59 Å². The summed E-state index contributed by atoms with van der Waals surface area (Å²) in [5, 5.41) is 6.75. The molecule has 0 aliphatic rings. The fraction of sp³-hybridized carbons (Fsp3) is 0.263. The summed E-state index contributed by atoms with van der Waals surface area (Å²) in [6, 6.07) is 14.0. The predicted molar refractivity (Wildman–Crippen MR) is 103 cm³/mol. The molecule has 0 aliphatic heterocycles. The highest BCUT2D eigenvalue weighted by Crippen LogP contribution is 2.18. The van der Waals surface area contributed by atoms with Crippen molar-refractivity contribution in [2.75, 3.05) is 10.6 Å². The molecular weight excluding hydrogens is 359 g/mol. The monoisotopic (exact) mass is 378 g/mol. The minimum Gasteiger partial charge on any atom is -0.326 e. The van der Waals surface area contributed by atoms with Crippen LogP contribution in [0.2, 0.25) is 10.0 Å². The molecule has 2 aromatic rings. The number of carbonyl (C=O) groups excluding carboxylic acids is 2. The Labute approximate surface area is 157 Å². The maximum absolute atomic E-state index is 12.0. The molecule has 0 saturated heterocycles. The molecule has 132 valence electrons. The van der Waals surface area contributed by atoms with Crippen molar-refractivity contribution in [2.24, 2.45) is 5.92 Å². The number of hydrogen-bond acceptors (Lipinski definition) is 2. The molecule has 6 heteroatoms. The summed E-state index contributed by atoms with van der Waals surface area (Å²) in [5.41, 5.74) is 1.34. The van der Waals surface area contributed by atoms with E-state index in [1.807, 2.05) is 6.92 Å². The standard InChI is InChI=1S/C19H20Cl2N2O2/c1-13(10-19(25)23-17-7-3-5-15(21)12-17)8-9-18(24)22-16-6-2-4-14(20)11-16/h2-7,11-13H,8-10H2,1H3,(H,22,24)(H,23,25)/t13-/m1/s1. The van der Waals surface area contributed by atoms with Crippen LogP contribution in [0.3, 0.4) is 0 Å². The number of nitrogens with one attached hydrogen (secondary N) is 2. The molecule has 0 heterocycles. The summed E-state index contributed by atoms with van der Waals surface area (Å²) in [6.45, 7) is 1.95. The number of carbonyl (C=O) groups is 2. The van der Waals surface area contributed by atoms with Gasteiger partial charge < -0.3 is 10.6 Å². The van der Waals surface area contributed by atoms with Crippen molar-refractivity contribution in [2.45, 2.75) is 26.2 Å². The molecule has 0 bridgehead atoms. The van der Waals surface area contributed by atoms with E-state index in [2.05, 4.69) is 10.6 Å². The lowest BCUT2D eigenvalue weighted by Crippen LogP contribution is -2.17. The van der Waals surface area contributed by atoms with Gasteiger partial charge in [0.05, 0.1) is 0 Å². The minimum atomic E-state index is -0.0932. The summed E-state index contributed by atoms with van der Waals surface area (Å²) in [6.07, 6.45) is 1.31. The molecule has 0 radical (unpaired) electrons. The van der Waals surface area contributed by atoms with Gasteiger partial charge in [0.2, 0.25) is 11.8 Å². The quantitative estimate of drug-likeness (QED) is 0.679. The van der Waals surface area contributed by atoms with Crippen LogP contribution < -0.4 is 10.6 Å². The molecule has 2 rings (SSSR count). The molecule has 2 aromatic carbocycles. The Hall–Kier alpha value is -2.04. The van der Waals surface area contributed by atoms with Gasteiger partial charge in [-0.15, -0.1) is 0 Å². The molecule has 1 atom stereocenters. The Kier molecular flexibility index (Phi) is 7.29. The summed E-state index contributed by atoms with van der Waals surface area (Å²) < 4.78 is 0. The highest BCUT2D eigenvalue weighted by Gasteiger charge is 2.12. The second-order valence-corrected chi connectivity index (χ2v) is 6.84. The van der Waals surface area contributed by atoms with Crippen LogP contribution in [0.15, 0.2) is 48.5 Å². The van der Waals surface area contributed by atoms with Gasteiger partial charge in [0.15, 0.2) is 0 Å². The molecule has 0 saturated carbocycles. The van der Waals surface area contributed by atoms with Crippen LogP contribution in [-0.4, -0.2) is 11.8 Å². The summed E-state index contributed by atoms with van der Waals surface area (Å²) in [4.78, 5) is 24.0. The van der Waals surface area contributed by atoms with Crippen LogP contribution in [0.4, 0.5) is 11.4 Å². The zero-order valence-corrected chi connectivity index (χ0v) is 15.4. The van der Waals surface area contributed by atoms with E-state index in [1.54, 1.807) is 48.5 Å². The molecule has 0 unspecified atom stereocenters. The second-order valence-electron chi connectivity index (χ2n) is 5.97. The van der Waals surface area contributed by atoms with Crippen LogP contribution in [-0.2, 0) is 9.59 Å². The normalized spacial score (nSPS) is 11.6. The van der Waals surface area contributed by atoms with Crippen LogP contribution >= 0.6 is 23.2 Å². The van der Waals surface area contributed by atoms with Crippen molar-refractivity contribution >= 4 is 46.4 Å². The van der Waals surface area contributed by atoms with Crippen LogP contribution in [0, 0.1) is 5.92 Å². The van der Waals surface area contributed by atoms with E-state index in [9.17, 15) is 9.59 Å². The lowest BCUT2D eigenvalue weighted by Gasteiger charge is -2.12. The molecule has 0 aliphatic carbocycles. The molecule has 0 fully saturated rings. The summed E-state index contributed by atoms with van der Waals surface area (Å²) in [7, 11) is 0. The third-order valence-electron chi connectivity index (χ3n) is 3.61. The molecule has 0 spiro atoms. The SMILES string of the molecule is C[C@H](CCC(=O)Nc1cccc(Cl)c1)CC(=O)Nc1cccc(Cl)c1. The van der Waals surface area contributed by atoms with Crippen molar-refractivity contribution in [3.05, 3.63) is 58.6 Å². The van der Waals surface area contributed by atoms with E-state index >= 15 is 0 Å². The van der Waals surface area contributed by atoms with Crippen LogP contribution in [0.5, 0.6) is 0 Å². The minimum absolute atomic E-state index is 0.0873. The molecule has 2 amide bonds. The summed E-state index contributed by atoms with van der Waals surface area (Å²) >= 11 is 11.8. The highest BCUT2D eigenvalue weighted by atomic mass is 35.5. The molecule has 25 heavy (non-hydrogen) atoms. The first kappa shape index (κ1) is 19.3. The van der Waals surface area contributed by atoms with Gasteiger partial charge in [-0.1, -0.05) is 42.3 Å². The number of rotatable bonds is 7. The van der Waals surface area contributed by atoms with Gasteiger partial charge in [0, 0.05) is 34.3 Å².